The molecule has 2 fully saturated rings. The Morgan fingerprint density at radius 2 is 1.87 bits per heavy atom. The normalized spacial score (nSPS) is 15.1. The number of carbonyl (C=O) groups is 1. The molecule has 2 aliphatic rings. The van der Waals surface area contributed by atoms with Crippen molar-refractivity contribution in [2.45, 2.75) is 64.7 Å². The van der Waals surface area contributed by atoms with Crippen LogP contribution < -0.4 is 21.9 Å². The van der Waals surface area contributed by atoms with Crippen LogP contribution in [0.15, 0.2) is 52.2 Å². The summed E-state index contributed by atoms with van der Waals surface area (Å²) in [4.78, 5) is 50.3. The van der Waals surface area contributed by atoms with Gasteiger partial charge in [0.05, 0.1) is 0 Å². The van der Waals surface area contributed by atoms with Crippen molar-refractivity contribution in [3.63, 3.8) is 0 Å². The van der Waals surface area contributed by atoms with Gasteiger partial charge in [-0.25, -0.2) is 14.8 Å². The minimum atomic E-state index is -0.306. The summed E-state index contributed by atoms with van der Waals surface area (Å²) in [7, 11) is 0. The number of nitrogens with zero attached hydrogens (tertiary/aromatic N) is 4. The van der Waals surface area contributed by atoms with Crippen LogP contribution in [-0.2, 0) is 24.4 Å². The molecule has 38 heavy (non-hydrogen) atoms. The quantitative estimate of drug-likeness (QED) is 0.299. The van der Waals surface area contributed by atoms with Gasteiger partial charge in [0.15, 0.2) is 5.65 Å². The molecule has 0 aliphatic heterocycles. The molecule has 10 heteroatoms. The lowest BCUT2D eigenvalue weighted by molar-refractivity contribution is -0.122. The Hall–Kier alpha value is -4.21. The zero-order valence-electron chi connectivity index (χ0n) is 21.4. The van der Waals surface area contributed by atoms with E-state index in [1.54, 1.807) is 10.8 Å². The molecule has 0 unspecified atom stereocenters. The molecule has 2 aliphatic carbocycles. The number of nitrogens with one attached hydrogen (secondary N) is 3. The molecule has 3 N–H and O–H groups in total. The van der Waals surface area contributed by atoms with E-state index >= 15 is 0 Å². The largest absolute Gasteiger partial charge is 0.366 e. The molecule has 3 heterocycles. The third-order valence-corrected chi connectivity index (χ3v) is 7.09. The first-order chi connectivity index (χ1) is 18.5. The van der Waals surface area contributed by atoms with Crippen LogP contribution >= 0.6 is 0 Å². The van der Waals surface area contributed by atoms with Crippen molar-refractivity contribution in [2.24, 2.45) is 5.92 Å². The summed E-state index contributed by atoms with van der Waals surface area (Å²) in [5.41, 5.74) is 3.05. The van der Waals surface area contributed by atoms with Gasteiger partial charge in [0.2, 0.25) is 5.91 Å². The van der Waals surface area contributed by atoms with Gasteiger partial charge in [-0.3, -0.25) is 18.7 Å². The van der Waals surface area contributed by atoms with E-state index in [0.29, 0.717) is 42.4 Å². The number of aromatic amines is 1. The summed E-state index contributed by atoms with van der Waals surface area (Å²) < 4.78 is 2.98. The maximum atomic E-state index is 13.1. The second kappa shape index (κ2) is 9.92. The zero-order valence-corrected chi connectivity index (χ0v) is 21.4. The molecule has 2 saturated carbocycles. The van der Waals surface area contributed by atoms with Crippen LogP contribution in [0, 0.1) is 5.92 Å². The minimum Gasteiger partial charge on any atom is -0.366 e. The lowest BCUT2D eigenvalue weighted by Crippen LogP contribution is -2.39. The van der Waals surface area contributed by atoms with E-state index in [-0.39, 0.29) is 29.1 Å². The number of aromatic nitrogens is 5. The average molecular weight is 514 g/mol. The van der Waals surface area contributed by atoms with Gasteiger partial charge in [-0.05, 0) is 55.4 Å². The van der Waals surface area contributed by atoms with Crippen molar-refractivity contribution in [1.82, 2.24) is 29.4 Å². The Morgan fingerprint density at radius 1 is 1.08 bits per heavy atom. The number of rotatable bonds is 10. The number of pyridine rings is 1. The minimum absolute atomic E-state index is 0.0107. The van der Waals surface area contributed by atoms with Gasteiger partial charge in [-0.2, -0.15) is 0 Å². The molecule has 10 nitrogen and oxygen atoms in total. The van der Waals surface area contributed by atoms with Gasteiger partial charge in [0.1, 0.15) is 17.2 Å². The first kappa shape index (κ1) is 24.1. The molecule has 0 radical (unpaired) electrons. The highest BCUT2D eigenvalue weighted by molar-refractivity contribution is 5.80. The van der Waals surface area contributed by atoms with Gasteiger partial charge in [-0.1, -0.05) is 31.2 Å². The Balaban J connectivity index is 1.17. The summed E-state index contributed by atoms with van der Waals surface area (Å²) in [5, 5.41) is 6.33. The fourth-order valence-corrected chi connectivity index (χ4v) is 4.71. The van der Waals surface area contributed by atoms with Crippen molar-refractivity contribution in [2.75, 3.05) is 5.32 Å². The predicted octanol–water partition coefficient (Wildman–Crippen LogP) is 3.33. The fourth-order valence-electron chi connectivity index (χ4n) is 4.71. The molecule has 0 spiro atoms. The molecule has 196 valence electrons. The smallest absolute Gasteiger partial charge is 0.333 e. The third-order valence-electron chi connectivity index (χ3n) is 7.09. The van der Waals surface area contributed by atoms with Crippen molar-refractivity contribution >= 4 is 22.9 Å². The topological polar surface area (TPSA) is 127 Å². The Labute approximate surface area is 219 Å². The SMILES string of the molecule is CCCn1c(=O)n(C2CC2)c(=O)c2[nH]c(-c3ccc(NCc4cccc(CNC(=O)C5CC5)c4)nc3)nc21. The van der Waals surface area contributed by atoms with Crippen molar-refractivity contribution in [3.05, 3.63) is 74.6 Å². The van der Waals surface area contributed by atoms with Crippen molar-refractivity contribution in [3.8, 4) is 11.4 Å². The van der Waals surface area contributed by atoms with Crippen LogP contribution in [0.5, 0.6) is 0 Å². The van der Waals surface area contributed by atoms with Crippen LogP contribution in [0.25, 0.3) is 22.6 Å². The second-order valence-electron chi connectivity index (χ2n) is 10.2. The second-order valence-corrected chi connectivity index (χ2v) is 10.2. The number of benzene rings is 1. The molecule has 1 amide bonds. The van der Waals surface area contributed by atoms with E-state index in [1.165, 1.54) is 4.57 Å². The molecule has 1 aromatic carbocycles. The van der Waals surface area contributed by atoms with Crippen LogP contribution in [-0.4, -0.2) is 30.0 Å². The van der Waals surface area contributed by atoms with Gasteiger partial charge >= 0.3 is 5.69 Å². The van der Waals surface area contributed by atoms with E-state index in [4.69, 9.17) is 0 Å². The van der Waals surface area contributed by atoms with Gasteiger partial charge in [0.25, 0.3) is 5.56 Å². The number of hydrogen-bond donors (Lipinski definition) is 3. The van der Waals surface area contributed by atoms with Gasteiger partial charge in [-0.15, -0.1) is 0 Å². The first-order valence-electron chi connectivity index (χ1n) is 13.3. The van der Waals surface area contributed by atoms with E-state index < -0.39 is 0 Å². The summed E-state index contributed by atoms with van der Waals surface area (Å²) in [6.45, 7) is 3.62. The van der Waals surface area contributed by atoms with Crippen LogP contribution in [0.1, 0.15) is 56.2 Å². The number of hydrogen-bond acceptors (Lipinski definition) is 6. The summed E-state index contributed by atoms with van der Waals surface area (Å²) in [5.74, 6) is 1.56. The predicted molar refractivity (Wildman–Crippen MR) is 145 cm³/mol. The highest BCUT2D eigenvalue weighted by Gasteiger charge is 2.30. The molecule has 0 bridgehead atoms. The van der Waals surface area contributed by atoms with Crippen LogP contribution in [0.2, 0.25) is 0 Å². The summed E-state index contributed by atoms with van der Waals surface area (Å²) in [6.07, 6.45) is 6.17. The lowest BCUT2D eigenvalue weighted by Gasteiger charge is -2.09. The number of anilines is 1. The summed E-state index contributed by atoms with van der Waals surface area (Å²) >= 11 is 0. The molecule has 6 rings (SSSR count). The Kier molecular flexibility index (Phi) is 6.30. The van der Waals surface area contributed by atoms with Gasteiger partial charge < -0.3 is 15.6 Å². The van der Waals surface area contributed by atoms with Crippen LogP contribution in [0.3, 0.4) is 0 Å². The van der Waals surface area contributed by atoms with Crippen molar-refractivity contribution < 1.29 is 4.79 Å². The number of carbonyl (C=O) groups excluding carboxylic acids is 1. The lowest BCUT2D eigenvalue weighted by atomic mass is 10.1. The zero-order chi connectivity index (χ0) is 26.2. The summed E-state index contributed by atoms with van der Waals surface area (Å²) in [6, 6.07) is 11.9. The number of imidazole rings is 1. The Bertz CT molecular complexity index is 1610. The average Bonchev–Trinajstić information content (AvgIpc) is 3.87. The highest BCUT2D eigenvalue weighted by atomic mass is 16.2. The number of amides is 1. The highest BCUT2D eigenvalue weighted by Crippen LogP contribution is 2.32. The monoisotopic (exact) mass is 513 g/mol. The number of aryl methyl sites for hydroxylation is 1. The molecule has 0 saturated heterocycles. The number of H-pyrrole nitrogens is 1. The standard InChI is InChI=1S/C28H31N7O3/c1-2-12-34-25-23(27(37)35(28(34)38)21-9-10-21)32-24(33-25)20-8-11-22(30-16-20)29-14-17-4-3-5-18(13-17)15-31-26(36)19-6-7-19/h3-5,8,11,13,16,19,21H,2,6-7,9-10,12,14-15H2,1H3,(H,29,30)(H,31,36)(H,32,33). The maximum absolute atomic E-state index is 13.1. The van der Waals surface area contributed by atoms with E-state index in [2.05, 4.69) is 31.7 Å². The van der Waals surface area contributed by atoms with E-state index in [0.717, 1.165) is 48.8 Å². The molecular weight excluding hydrogens is 482 g/mol. The number of fused-ring (bicyclic) bond motifs is 1. The van der Waals surface area contributed by atoms with Crippen LogP contribution in [0.4, 0.5) is 5.82 Å². The molecule has 0 atom stereocenters. The first-order valence-corrected chi connectivity index (χ1v) is 13.3. The molecular formula is C28H31N7O3. The van der Waals surface area contributed by atoms with E-state index in [1.807, 2.05) is 37.3 Å². The third kappa shape index (κ3) is 4.85. The molecule has 3 aromatic heterocycles. The van der Waals surface area contributed by atoms with Crippen molar-refractivity contribution in [1.29, 1.82) is 0 Å². The fraction of sp³-hybridized carbons (Fsp3) is 0.393. The van der Waals surface area contributed by atoms with Gasteiger partial charge in [0, 0.05) is 43.4 Å². The molecule has 4 aromatic rings. The Morgan fingerprint density at radius 3 is 2.55 bits per heavy atom. The van der Waals surface area contributed by atoms with E-state index in [9.17, 15) is 14.4 Å². The maximum Gasteiger partial charge on any atom is 0.333 e.